The van der Waals surface area contributed by atoms with Gasteiger partial charge in [-0.15, -0.1) is 0 Å². The second-order valence-corrected chi connectivity index (χ2v) is 10.8. The first-order chi connectivity index (χ1) is 18.2. The molecular weight excluding hydrogens is 516 g/mol. The Kier molecular flexibility index (Phi) is 7.68. The number of pyridine rings is 1. The molecule has 11 heteroatoms. The maximum atomic E-state index is 16.4. The van der Waals surface area contributed by atoms with Crippen LogP contribution in [0.15, 0.2) is 23.1 Å². The molecule has 2 aromatic heterocycles. The monoisotopic (exact) mass is 547 g/mol. The molecule has 2 aliphatic heterocycles. The number of anilines is 1. The summed E-state index contributed by atoms with van der Waals surface area (Å²) in [6.07, 6.45) is 0.774. The van der Waals surface area contributed by atoms with Crippen LogP contribution in [0.5, 0.6) is 0 Å². The summed E-state index contributed by atoms with van der Waals surface area (Å²) in [6.45, 7) is 7.53. The van der Waals surface area contributed by atoms with Gasteiger partial charge in [0.15, 0.2) is 11.2 Å². The smallest absolute Gasteiger partial charge is 0.223 e. The molecule has 3 aromatic rings. The van der Waals surface area contributed by atoms with Crippen molar-refractivity contribution in [3.05, 3.63) is 50.7 Å². The van der Waals surface area contributed by atoms with Gasteiger partial charge in [0.05, 0.1) is 41.2 Å². The van der Waals surface area contributed by atoms with E-state index in [9.17, 15) is 14.3 Å². The number of nitrogens with zero attached hydrogens (tertiary/aromatic N) is 4. The summed E-state index contributed by atoms with van der Waals surface area (Å²) in [5.74, 6) is -0.410. The van der Waals surface area contributed by atoms with Gasteiger partial charge in [0, 0.05) is 54.5 Å². The van der Waals surface area contributed by atoms with Gasteiger partial charge in [0.1, 0.15) is 6.17 Å². The van der Waals surface area contributed by atoms with Gasteiger partial charge in [-0.1, -0.05) is 11.6 Å². The van der Waals surface area contributed by atoms with Crippen LogP contribution in [0.3, 0.4) is 0 Å². The van der Waals surface area contributed by atoms with Crippen molar-refractivity contribution in [1.82, 2.24) is 19.4 Å². The fourth-order valence-electron chi connectivity index (χ4n) is 5.40. The molecule has 5 rings (SSSR count). The zero-order valence-electron chi connectivity index (χ0n) is 21.7. The number of alkyl halides is 1. The van der Waals surface area contributed by atoms with Crippen molar-refractivity contribution >= 4 is 28.5 Å². The van der Waals surface area contributed by atoms with E-state index in [1.165, 1.54) is 12.3 Å². The molecule has 3 atom stereocenters. The molecule has 38 heavy (non-hydrogen) atoms. The van der Waals surface area contributed by atoms with E-state index in [4.69, 9.17) is 16.3 Å². The van der Waals surface area contributed by atoms with E-state index in [0.717, 1.165) is 0 Å². The van der Waals surface area contributed by atoms with Crippen molar-refractivity contribution < 1.29 is 18.6 Å². The molecular formula is C27H32ClF2N5O3. The molecule has 0 bridgehead atoms. The van der Waals surface area contributed by atoms with Crippen molar-refractivity contribution in [1.29, 1.82) is 0 Å². The Labute approximate surface area is 224 Å². The summed E-state index contributed by atoms with van der Waals surface area (Å²) < 4.78 is 37.4. The minimum Gasteiger partial charge on any atom is -0.389 e. The van der Waals surface area contributed by atoms with Crippen molar-refractivity contribution in [3.63, 3.8) is 0 Å². The van der Waals surface area contributed by atoms with Crippen LogP contribution in [-0.4, -0.2) is 69.2 Å². The number of likely N-dealkylation sites (tertiary alicyclic amines) is 1. The maximum Gasteiger partial charge on any atom is 0.223 e. The van der Waals surface area contributed by atoms with Crippen LogP contribution in [0.4, 0.5) is 14.7 Å². The molecule has 0 saturated carbocycles. The fourth-order valence-corrected chi connectivity index (χ4v) is 5.60. The normalized spacial score (nSPS) is 22.5. The average Bonchev–Trinajstić information content (AvgIpc) is 3.30. The Hall–Kier alpha value is -2.66. The van der Waals surface area contributed by atoms with E-state index < -0.39 is 18.1 Å². The van der Waals surface area contributed by atoms with Crippen LogP contribution in [0.2, 0.25) is 5.02 Å². The van der Waals surface area contributed by atoms with Crippen LogP contribution in [0, 0.1) is 12.7 Å². The summed E-state index contributed by atoms with van der Waals surface area (Å²) in [5.41, 5.74) is 1.43. The molecule has 2 saturated heterocycles. The van der Waals surface area contributed by atoms with Gasteiger partial charge < -0.3 is 19.7 Å². The lowest BCUT2D eigenvalue weighted by molar-refractivity contribution is -0.0136. The Morgan fingerprint density at radius 3 is 2.79 bits per heavy atom. The average molecular weight is 548 g/mol. The van der Waals surface area contributed by atoms with Crippen LogP contribution >= 0.6 is 11.6 Å². The van der Waals surface area contributed by atoms with Crippen LogP contribution < -0.4 is 10.7 Å². The third kappa shape index (κ3) is 5.02. The summed E-state index contributed by atoms with van der Waals surface area (Å²) in [6, 6.07) is 2.63. The lowest BCUT2D eigenvalue weighted by atomic mass is 10.0. The lowest BCUT2D eigenvalue weighted by Gasteiger charge is -2.28. The standard InChI is InChI=1S/C27H32ClF2N5O3/c1-14(2)35-21(12-34-8-6-16(29)11-34)15(3)26(37)18-5-4-17(23(30)25(18)35)24-19(28)10-31-27(33-24)32-20-7-9-38-13-22(20)36/h4-5,10,14,16,20,22,36H,6-9,11-13H2,1-3H3,(H,31,32,33)/t16-,20+,22+/m0/s1. The number of benzene rings is 1. The zero-order valence-corrected chi connectivity index (χ0v) is 22.4. The van der Waals surface area contributed by atoms with Crippen LogP contribution in [0.25, 0.3) is 22.2 Å². The SMILES string of the molecule is Cc1c(CN2CC[C@H](F)C2)n(C(C)C)c2c(F)c(-c3nc(N[C@@H]4CCOC[C@H]4O)ncc3Cl)ccc2c1=O. The number of halogens is 3. The van der Waals surface area contributed by atoms with Crippen molar-refractivity contribution in [2.75, 3.05) is 31.6 Å². The number of fused-ring (bicyclic) bond motifs is 1. The van der Waals surface area contributed by atoms with Gasteiger partial charge in [0.2, 0.25) is 5.95 Å². The molecule has 2 aliphatic rings. The largest absolute Gasteiger partial charge is 0.389 e. The number of rotatable bonds is 6. The number of hydrogen-bond acceptors (Lipinski definition) is 7. The minimum atomic E-state index is -0.900. The number of nitrogens with one attached hydrogen (secondary N) is 1. The number of hydrogen-bond donors (Lipinski definition) is 2. The Morgan fingerprint density at radius 1 is 1.32 bits per heavy atom. The minimum absolute atomic E-state index is 0.133. The predicted molar refractivity (Wildman–Crippen MR) is 143 cm³/mol. The number of aliphatic hydroxyl groups is 1. The number of aromatic nitrogens is 3. The molecule has 0 aliphatic carbocycles. The Bertz CT molecular complexity index is 1420. The second kappa shape index (κ2) is 10.8. The van der Waals surface area contributed by atoms with Gasteiger partial charge in [-0.3, -0.25) is 9.69 Å². The van der Waals surface area contributed by atoms with Gasteiger partial charge in [-0.2, -0.15) is 0 Å². The third-order valence-electron chi connectivity index (χ3n) is 7.41. The van der Waals surface area contributed by atoms with Gasteiger partial charge in [0.25, 0.3) is 0 Å². The summed E-state index contributed by atoms with van der Waals surface area (Å²) in [7, 11) is 0. The molecule has 0 amide bonds. The van der Waals surface area contributed by atoms with E-state index in [2.05, 4.69) is 15.3 Å². The van der Waals surface area contributed by atoms with Gasteiger partial charge in [-0.25, -0.2) is 18.7 Å². The number of ether oxygens (including phenoxy) is 1. The fraction of sp³-hybridized carbons (Fsp3) is 0.519. The molecule has 0 radical (unpaired) electrons. The molecule has 0 spiro atoms. The quantitative estimate of drug-likeness (QED) is 0.477. The second-order valence-electron chi connectivity index (χ2n) is 10.4. The van der Waals surface area contributed by atoms with Gasteiger partial charge in [-0.05, 0) is 45.7 Å². The summed E-state index contributed by atoms with van der Waals surface area (Å²) >= 11 is 6.44. The zero-order chi connectivity index (χ0) is 27.1. The van der Waals surface area contributed by atoms with Crippen molar-refractivity contribution in [2.45, 2.75) is 64.5 Å². The highest BCUT2D eigenvalue weighted by molar-refractivity contribution is 6.33. The van der Waals surface area contributed by atoms with Crippen molar-refractivity contribution in [3.8, 4) is 11.3 Å². The molecule has 2 fully saturated rings. The molecule has 0 unspecified atom stereocenters. The first kappa shape index (κ1) is 26.9. The van der Waals surface area contributed by atoms with E-state index in [-0.39, 0.29) is 57.3 Å². The van der Waals surface area contributed by atoms with Crippen LogP contribution in [0.1, 0.15) is 44.0 Å². The molecule has 1 aromatic carbocycles. The van der Waals surface area contributed by atoms with Gasteiger partial charge >= 0.3 is 0 Å². The highest BCUT2D eigenvalue weighted by Gasteiger charge is 2.28. The molecule has 204 valence electrons. The van der Waals surface area contributed by atoms with Crippen molar-refractivity contribution in [2.24, 2.45) is 0 Å². The summed E-state index contributed by atoms with van der Waals surface area (Å²) in [5, 5.41) is 13.7. The van der Waals surface area contributed by atoms with E-state index in [1.54, 1.807) is 13.0 Å². The number of aliphatic hydroxyl groups excluding tert-OH is 1. The first-order valence-electron chi connectivity index (χ1n) is 12.9. The van der Waals surface area contributed by atoms with E-state index in [1.807, 2.05) is 23.3 Å². The van der Waals surface area contributed by atoms with E-state index >= 15 is 4.39 Å². The highest BCUT2D eigenvalue weighted by atomic mass is 35.5. The van der Waals surface area contributed by atoms with E-state index in [0.29, 0.717) is 50.3 Å². The first-order valence-corrected chi connectivity index (χ1v) is 13.3. The maximum absolute atomic E-state index is 16.4. The van der Waals surface area contributed by atoms with Crippen LogP contribution in [-0.2, 0) is 11.3 Å². The molecule has 8 nitrogen and oxygen atoms in total. The summed E-state index contributed by atoms with van der Waals surface area (Å²) in [4.78, 5) is 24.0. The third-order valence-corrected chi connectivity index (χ3v) is 7.69. The molecule has 4 heterocycles. The predicted octanol–water partition coefficient (Wildman–Crippen LogP) is 4.25. The topological polar surface area (TPSA) is 92.5 Å². The lowest BCUT2D eigenvalue weighted by Crippen LogP contribution is -2.42. The highest BCUT2D eigenvalue weighted by Crippen LogP contribution is 2.34. The molecule has 2 N–H and O–H groups in total. The Morgan fingerprint density at radius 2 is 2.11 bits per heavy atom. The Balaban J connectivity index is 1.63.